The summed E-state index contributed by atoms with van der Waals surface area (Å²) in [6.07, 6.45) is 2.93. The number of fused-ring (bicyclic) bond motifs is 2. The number of nitrogens with zero attached hydrogens (tertiary/aromatic N) is 3. The molecular weight excluding hydrogens is 558 g/mol. The van der Waals surface area contributed by atoms with Gasteiger partial charge in [0.25, 0.3) is 0 Å². The lowest BCUT2D eigenvalue weighted by atomic mass is 10.0. The van der Waals surface area contributed by atoms with Crippen molar-refractivity contribution in [2.45, 2.75) is 31.2 Å². The molecule has 2 aromatic carbocycles. The number of likely N-dealkylation sites (tertiary alicyclic amines) is 1. The highest BCUT2D eigenvalue weighted by molar-refractivity contribution is 6.31. The summed E-state index contributed by atoms with van der Waals surface area (Å²) in [6, 6.07) is 7.66. The summed E-state index contributed by atoms with van der Waals surface area (Å²) in [7, 11) is 0. The van der Waals surface area contributed by atoms with Crippen molar-refractivity contribution in [2.24, 2.45) is 0 Å². The maximum absolute atomic E-state index is 15.1. The topological polar surface area (TPSA) is 95.0 Å². The van der Waals surface area contributed by atoms with E-state index in [1.165, 1.54) is 30.6 Å². The lowest BCUT2D eigenvalue weighted by molar-refractivity contribution is -0.116. The van der Waals surface area contributed by atoms with Crippen molar-refractivity contribution in [1.29, 1.82) is 0 Å². The van der Waals surface area contributed by atoms with Crippen LogP contribution in [0.15, 0.2) is 48.6 Å². The van der Waals surface area contributed by atoms with E-state index in [-0.39, 0.29) is 36.3 Å². The number of hydrogen-bond donors (Lipinski definition) is 1. The Morgan fingerprint density at radius 2 is 1.95 bits per heavy atom. The molecule has 6 rings (SSSR count). The quantitative estimate of drug-likeness (QED) is 0.366. The summed E-state index contributed by atoms with van der Waals surface area (Å²) in [5, 5.41) is 3.66. The summed E-state index contributed by atoms with van der Waals surface area (Å²) in [4.78, 5) is 23.8. The standard InChI is InChI=1S/C29H29ClF2N4O5/c30-21-11-18(1-2-22(21)31)35-29-20-9-17(26(12-24(20)33-16-34-29)41-19-4-6-38-15-19)10-25(37)23(32)3-5-36-13-27-28(14-36)40-8-7-39-27/h1-3,9,11-12,16,19,27-28H,4-8,10,13-15H2,(H,33,34,35)/b23-3-/t19-,27-,28+/m0/s1. The average Bonchev–Trinajstić information content (AvgIpc) is 3.64. The number of allylic oxidation sites excluding steroid dienone is 1. The first kappa shape index (κ1) is 27.9. The molecule has 4 heterocycles. The van der Waals surface area contributed by atoms with Gasteiger partial charge in [0.1, 0.15) is 29.8 Å². The van der Waals surface area contributed by atoms with Crippen molar-refractivity contribution in [2.75, 3.05) is 51.4 Å². The van der Waals surface area contributed by atoms with Crippen molar-refractivity contribution in [3.63, 3.8) is 0 Å². The zero-order valence-corrected chi connectivity index (χ0v) is 22.9. The van der Waals surface area contributed by atoms with Gasteiger partial charge in [-0.05, 0) is 30.3 Å². The van der Waals surface area contributed by atoms with E-state index in [9.17, 15) is 9.18 Å². The number of aromatic nitrogens is 2. The van der Waals surface area contributed by atoms with E-state index >= 15 is 4.39 Å². The number of rotatable bonds is 9. The van der Waals surface area contributed by atoms with Gasteiger partial charge in [0, 0.05) is 55.2 Å². The third-order valence-electron chi connectivity index (χ3n) is 7.37. The Morgan fingerprint density at radius 3 is 2.68 bits per heavy atom. The van der Waals surface area contributed by atoms with Gasteiger partial charge in [0.2, 0.25) is 0 Å². The summed E-state index contributed by atoms with van der Waals surface area (Å²) in [6.45, 7) is 3.65. The number of benzene rings is 2. The van der Waals surface area contributed by atoms with Gasteiger partial charge in [-0.2, -0.15) is 0 Å². The highest BCUT2D eigenvalue weighted by atomic mass is 35.5. The fourth-order valence-corrected chi connectivity index (χ4v) is 5.42. The van der Waals surface area contributed by atoms with Crippen molar-refractivity contribution >= 4 is 39.8 Å². The maximum atomic E-state index is 15.1. The molecule has 3 fully saturated rings. The number of hydrogen-bond acceptors (Lipinski definition) is 9. The van der Waals surface area contributed by atoms with Crippen LogP contribution in [0, 0.1) is 5.82 Å². The summed E-state index contributed by atoms with van der Waals surface area (Å²) in [5.41, 5.74) is 1.56. The van der Waals surface area contributed by atoms with Crippen LogP contribution in [-0.2, 0) is 25.4 Å². The van der Waals surface area contributed by atoms with Crippen molar-refractivity contribution in [1.82, 2.24) is 14.9 Å². The first-order valence-electron chi connectivity index (χ1n) is 13.5. The summed E-state index contributed by atoms with van der Waals surface area (Å²) in [5.74, 6) is -1.18. The minimum atomic E-state index is -0.819. The van der Waals surface area contributed by atoms with E-state index in [1.807, 2.05) is 4.90 Å². The number of ether oxygens (including phenoxy) is 4. The summed E-state index contributed by atoms with van der Waals surface area (Å²) < 4.78 is 51.8. The Labute approximate surface area is 240 Å². The van der Waals surface area contributed by atoms with Crippen LogP contribution in [0.4, 0.5) is 20.3 Å². The van der Waals surface area contributed by atoms with Crippen LogP contribution in [0.2, 0.25) is 5.02 Å². The molecule has 3 aromatic rings. The zero-order valence-electron chi connectivity index (χ0n) is 22.2. The zero-order chi connectivity index (χ0) is 28.3. The van der Waals surface area contributed by atoms with Crippen molar-refractivity contribution in [3.8, 4) is 5.75 Å². The minimum absolute atomic E-state index is 0.0243. The number of ketones is 1. The molecule has 0 bridgehead atoms. The van der Waals surface area contributed by atoms with Gasteiger partial charge < -0.3 is 24.3 Å². The Balaban J connectivity index is 1.24. The predicted octanol–water partition coefficient (Wildman–Crippen LogP) is 4.40. The third-order valence-corrected chi connectivity index (χ3v) is 7.66. The Hall–Kier alpha value is -3.22. The van der Waals surface area contributed by atoms with Crippen molar-refractivity contribution in [3.05, 3.63) is 65.0 Å². The molecule has 0 spiro atoms. The predicted molar refractivity (Wildman–Crippen MR) is 148 cm³/mol. The van der Waals surface area contributed by atoms with Crippen LogP contribution in [-0.4, -0.2) is 85.0 Å². The van der Waals surface area contributed by atoms with Gasteiger partial charge in [-0.1, -0.05) is 11.6 Å². The van der Waals surface area contributed by atoms with Gasteiger partial charge in [-0.25, -0.2) is 18.7 Å². The molecule has 9 nitrogen and oxygen atoms in total. The SMILES string of the molecule is O=C(Cc1cc2c(Nc3ccc(F)c(Cl)c3)ncnc2cc1O[C@H]1CCOC1)/C(F)=C/CN1C[C@@H]2OCCO[C@@H]2C1. The second kappa shape index (κ2) is 12.3. The average molecular weight is 587 g/mol. The number of carbonyl (C=O) groups is 1. The largest absolute Gasteiger partial charge is 0.488 e. The molecule has 0 aliphatic carbocycles. The van der Waals surface area contributed by atoms with E-state index in [2.05, 4.69) is 15.3 Å². The molecule has 0 unspecified atom stereocenters. The van der Waals surface area contributed by atoms with Gasteiger partial charge in [-0.3, -0.25) is 9.69 Å². The lowest BCUT2D eigenvalue weighted by Gasteiger charge is -2.24. The number of nitrogens with one attached hydrogen (secondary N) is 1. The molecule has 3 atom stereocenters. The van der Waals surface area contributed by atoms with Gasteiger partial charge in [-0.15, -0.1) is 0 Å². The number of carbonyl (C=O) groups excluding carboxylic acids is 1. The molecule has 12 heteroatoms. The normalized spacial score (nSPS) is 23.1. The fourth-order valence-electron chi connectivity index (χ4n) is 5.24. The molecule has 0 amide bonds. The molecule has 1 aromatic heterocycles. The van der Waals surface area contributed by atoms with Crippen molar-refractivity contribution < 1.29 is 32.5 Å². The Kier molecular flexibility index (Phi) is 8.40. The van der Waals surface area contributed by atoms with Gasteiger partial charge >= 0.3 is 0 Å². The molecule has 41 heavy (non-hydrogen) atoms. The fraction of sp³-hybridized carbons (Fsp3) is 0.414. The van der Waals surface area contributed by atoms with Gasteiger partial charge in [0.15, 0.2) is 11.6 Å². The molecule has 1 N–H and O–H groups in total. The van der Waals surface area contributed by atoms with E-state index in [1.54, 1.807) is 12.1 Å². The summed E-state index contributed by atoms with van der Waals surface area (Å²) >= 11 is 5.94. The van der Waals surface area contributed by atoms with Crippen LogP contribution >= 0.6 is 11.6 Å². The van der Waals surface area contributed by atoms with Crippen LogP contribution in [0.3, 0.4) is 0 Å². The number of Topliss-reactive ketones (excluding diaryl/α,β-unsaturated/α-hetero) is 1. The molecule has 3 aliphatic heterocycles. The molecule has 216 valence electrons. The number of anilines is 2. The van der Waals surface area contributed by atoms with Crippen LogP contribution < -0.4 is 10.1 Å². The molecule has 3 saturated heterocycles. The second-order valence-electron chi connectivity index (χ2n) is 10.2. The molecule has 0 saturated carbocycles. The highest BCUT2D eigenvalue weighted by Crippen LogP contribution is 2.33. The third kappa shape index (κ3) is 6.49. The van der Waals surface area contributed by atoms with E-state index in [0.717, 1.165) is 0 Å². The van der Waals surface area contributed by atoms with Gasteiger partial charge in [0.05, 0.1) is 49.2 Å². The number of halogens is 3. The molecular formula is C29H29ClF2N4O5. The van der Waals surface area contributed by atoms with E-state index in [4.69, 9.17) is 30.5 Å². The Morgan fingerprint density at radius 1 is 1.15 bits per heavy atom. The smallest absolute Gasteiger partial charge is 0.195 e. The first-order valence-corrected chi connectivity index (χ1v) is 13.9. The molecule has 0 radical (unpaired) electrons. The first-order chi connectivity index (χ1) is 19.9. The molecule has 3 aliphatic rings. The Bertz CT molecular complexity index is 1450. The van der Waals surface area contributed by atoms with Crippen LogP contribution in [0.5, 0.6) is 5.75 Å². The monoisotopic (exact) mass is 586 g/mol. The van der Waals surface area contributed by atoms with Crippen LogP contribution in [0.1, 0.15) is 12.0 Å². The lowest BCUT2D eigenvalue weighted by Crippen LogP contribution is -2.36. The van der Waals surface area contributed by atoms with Crippen LogP contribution in [0.25, 0.3) is 10.9 Å². The minimum Gasteiger partial charge on any atom is -0.488 e. The van der Waals surface area contributed by atoms with E-state index in [0.29, 0.717) is 79.7 Å². The highest BCUT2D eigenvalue weighted by Gasteiger charge is 2.36. The maximum Gasteiger partial charge on any atom is 0.195 e. The second-order valence-corrected chi connectivity index (χ2v) is 10.7. The van der Waals surface area contributed by atoms with E-state index < -0.39 is 17.4 Å².